The molecule has 4 aromatic rings. The maximum absolute atomic E-state index is 12.9. The van der Waals surface area contributed by atoms with Crippen molar-refractivity contribution in [1.29, 1.82) is 0 Å². The van der Waals surface area contributed by atoms with Gasteiger partial charge in [0.15, 0.2) is 0 Å². The number of aryl methyl sites for hydroxylation is 1. The topological polar surface area (TPSA) is 60.0 Å². The second-order valence-electron chi connectivity index (χ2n) is 6.34. The van der Waals surface area contributed by atoms with Gasteiger partial charge in [-0.2, -0.15) is 0 Å². The summed E-state index contributed by atoms with van der Waals surface area (Å²) in [7, 11) is 1.78. The van der Waals surface area contributed by atoms with Gasteiger partial charge in [-0.3, -0.25) is 4.79 Å². The molecule has 0 aliphatic carbocycles. The predicted octanol–water partition coefficient (Wildman–Crippen LogP) is 2.94. The minimum atomic E-state index is -0.0692. The zero-order valence-corrected chi connectivity index (χ0v) is 14.5. The molecule has 0 bridgehead atoms. The minimum Gasteiger partial charge on any atom is -0.392 e. The van der Waals surface area contributed by atoms with E-state index in [9.17, 15) is 9.90 Å². The van der Waals surface area contributed by atoms with Crippen molar-refractivity contribution in [3.63, 3.8) is 0 Å². The van der Waals surface area contributed by atoms with Crippen LogP contribution >= 0.6 is 0 Å². The van der Waals surface area contributed by atoms with Crippen LogP contribution in [0.15, 0.2) is 71.8 Å². The molecule has 0 fully saturated rings. The fourth-order valence-electron chi connectivity index (χ4n) is 3.29. The van der Waals surface area contributed by atoms with Crippen LogP contribution < -0.4 is 5.56 Å². The Morgan fingerprint density at radius 2 is 1.85 bits per heavy atom. The third kappa shape index (κ3) is 2.82. The summed E-state index contributed by atoms with van der Waals surface area (Å²) in [6.45, 7) is 0.592. The monoisotopic (exact) mass is 345 g/mol. The van der Waals surface area contributed by atoms with Crippen LogP contribution in [0.1, 0.15) is 11.1 Å². The number of pyridine rings is 1. The van der Waals surface area contributed by atoms with Gasteiger partial charge in [0.25, 0.3) is 5.56 Å². The predicted molar refractivity (Wildman–Crippen MR) is 102 cm³/mol. The van der Waals surface area contributed by atoms with E-state index in [4.69, 9.17) is 0 Å². The van der Waals surface area contributed by atoms with E-state index in [2.05, 4.69) is 4.98 Å². The van der Waals surface area contributed by atoms with E-state index in [1.165, 1.54) is 0 Å². The molecular formula is C21H19N3O2. The van der Waals surface area contributed by atoms with Crippen molar-refractivity contribution in [3.05, 3.63) is 88.5 Å². The average Bonchev–Trinajstić information content (AvgIpc) is 3.12. The van der Waals surface area contributed by atoms with E-state index in [1.807, 2.05) is 65.4 Å². The molecule has 0 spiro atoms. The number of fused-ring (bicyclic) bond motifs is 1. The first-order valence-corrected chi connectivity index (χ1v) is 8.46. The summed E-state index contributed by atoms with van der Waals surface area (Å²) in [6.07, 6.45) is 3.58. The van der Waals surface area contributed by atoms with Crippen LogP contribution in [0.3, 0.4) is 0 Å². The highest BCUT2D eigenvalue weighted by atomic mass is 16.3. The van der Waals surface area contributed by atoms with E-state index in [-0.39, 0.29) is 12.2 Å². The molecule has 0 aliphatic heterocycles. The van der Waals surface area contributed by atoms with Crippen LogP contribution in [0.2, 0.25) is 0 Å². The van der Waals surface area contributed by atoms with Crippen molar-refractivity contribution in [2.45, 2.75) is 13.2 Å². The Bertz CT molecular complexity index is 1140. The third-order valence-electron chi connectivity index (χ3n) is 4.62. The van der Waals surface area contributed by atoms with Crippen LogP contribution in [0.4, 0.5) is 0 Å². The molecular weight excluding hydrogens is 326 g/mol. The summed E-state index contributed by atoms with van der Waals surface area (Å²) < 4.78 is 3.62. The van der Waals surface area contributed by atoms with E-state index in [1.54, 1.807) is 17.8 Å². The number of aliphatic hydroxyl groups is 1. The fraction of sp³-hybridized carbons (Fsp3) is 0.143. The van der Waals surface area contributed by atoms with Crippen molar-refractivity contribution in [2.24, 2.45) is 7.05 Å². The lowest BCUT2D eigenvalue weighted by molar-refractivity contribution is 0.281. The Morgan fingerprint density at radius 1 is 1.04 bits per heavy atom. The number of nitrogens with zero attached hydrogens (tertiary/aromatic N) is 3. The van der Waals surface area contributed by atoms with Gasteiger partial charge in [-0.25, -0.2) is 4.98 Å². The van der Waals surface area contributed by atoms with Crippen molar-refractivity contribution in [2.75, 3.05) is 0 Å². The molecule has 1 N–H and O–H groups in total. The summed E-state index contributed by atoms with van der Waals surface area (Å²) in [6, 6.07) is 17.5. The molecule has 0 atom stereocenters. The van der Waals surface area contributed by atoms with E-state index < -0.39 is 0 Å². The molecule has 0 saturated carbocycles. The number of aromatic nitrogens is 3. The lowest BCUT2D eigenvalue weighted by Gasteiger charge is -2.11. The number of imidazole rings is 1. The highest BCUT2D eigenvalue weighted by Crippen LogP contribution is 2.20. The van der Waals surface area contributed by atoms with Crippen LogP contribution in [0.25, 0.3) is 22.3 Å². The van der Waals surface area contributed by atoms with Crippen LogP contribution in [0.5, 0.6) is 0 Å². The Morgan fingerprint density at radius 3 is 2.69 bits per heavy atom. The molecule has 0 unspecified atom stereocenters. The fourth-order valence-corrected chi connectivity index (χ4v) is 3.29. The SMILES string of the molecule is Cn1c(=O)c(-c2nccn2Cc2cccc(CO)c2)cc2ccccc21. The van der Waals surface area contributed by atoms with Gasteiger partial charge in [-0.15, -0.1) is 0 Å². The molecule has 0 amide bonds. The first-order valence-electron chi connectivity index (χ1n) is 8.46. The first kappa shape index (κ1) is 16.3. The molecule has 130 valence electrons. The van der Waals surface area contributed by atoms with Crippen LogP contribution in [0, 0.1) is 0 Å². The first-order chi connectivity index (χ1) is 12.7. The summed E-state index contributed by atoms with van der Waals surface area (Å²) in [5.74, 6) is 0.644. The van der Waals surface area contributed by atoms with Crippen LogP contribution in [-0.2, 0) is 20.2 Å². The standard InChI is InChI=1S/C21H19N3O2/c1-23-19-8-3-2-7-17(19)12-18(21(23)26)20-22-9-10-24(20)13-15-5-4-6-16(11-15)14-25/h2-12,25H,13-14H2,1H3. The summed E-state index contributed by atoms with van der Waals surface area (Å²) >= 11 is 0. The third-order valence-corrected chi connectivity index (χ3v) is 4.62. The number of para-hydroxylation sites is 1. The van der Waals surface area contributed by atoms with Gasteiger partial charge in [-0.05, 0) is 28.6 Å². The van der Waals surface area contributed by atoms with Gasteiger partial charge in [0.05, 0.1) is 17.7 Å². The summed E-state index contributed by atoms with van der Waals surface area (Å²) in [5.41, 5.74) is 3.32. The van der Waals surface area contributed by atoms with Crippen molar-refractivity contribution in [1.82, 2.24) is 14.1 Å². The molecule has 2 aromatic carbocycles. The zero-order chi connectivity index (χ0) is 18.1. The van der Waals surface area contributed by atoms with Gasteiger partial charge in [-0.1, -0.05) is 42.5 Å². The van der Waals surface area contributed by atoms with Gasteiger partial charge in [0.2, 0.25) is 0 Å². The number of hydrogen-bond acceptors (Lipinski definition) is 3. The van der Waals surface area contributed by atoms with Crippen molar-refractivity contribution in [3.8, 4) is 11.4 Å². The Kier molecular flexibility index (Phi) is 4.14. The number of benzene rings is 2. The highest BCUT2D eigenvalue weighted by molar-refractivity contribution is 5.83. The summed E-state index contributed by atoms with van der Waals surface area (Å²) in [5, 5.41) is 10.3. The van der Waals surface area contributed by atoms with Gasteiger partial charge in [0.1, 0.15) is 5.82 Å². The normalized spacial score (nSPS) is 11.2. The van der Waals surface area contributed by atoms with Gasteiger partial charge in [0, 0.05) is 26.0 Å². The lowest BCUT2D eigenvalue weighted by Crippen LogP contribution is -2.20. The molecule has 2 aromatic heterocycles. The molecule has 5 heteroatoms. The van der Waals surface area contributed by atoms with Crippen LogP contribution in [-0.4, -0.2) is 19.2 Å². The smallest absolute Gasteiger partial charge is 0.261 e. The molecule has 0 aliphatic rings. The number of hydrogen-bond donors (Lipinski definition) is 1. The quantitative estimate of drug-likeness (QED) is 0.619. The number of rotatable bonds is 4. The van der Waals surface area contributed by atoms with Crippen molar-refractivity contribution >= 4 is 10.9 Å². The van der Waals surface area contributed by atoms with E-state index in [0.29, 0.717) is 17.9 Å². The molecule has 2 heterocycles. The molecule has 0 saturated heterocycles. The number of aliphatic hydroxyl groups excluding tert-OH is 1. The Balaban J connectivity index is 1.81. The van der Waals surface area contributed by atoms with E-state index in [0.717, 1.165) is 22.0 Å². The maximum Gasteiger partial charge on any atom is 0.261 e. The minimum absolute atomic E-state index is 0.00977. The Labute approximate surface area is 150 Å². The molecule has 0 radical (unpaired) electrons. The maximum atomic E-state index is 12.9. The Hall–Kier alpha value is -3.18. The molecule has 26 heavy (non-hydrogen) atoms. The van der Waals surface area contributed by atoms with Gasteiger partial charge >= 0.3 is 0 Å². The second-order valence-corrected chi connectivity index (χ2v) is 6.34. The zero-order valence-electron chi connectivity index (χ0n) is 14.5. The average molecular weight is 345 g/mol. The lowest BCUT2D eigenvalue weighted by atomic mass is 10.1. The van der Waals surface area contributed by atoms with Gasteiger partial charge < -0.3 is 14.2 Å². The highest BCUT2D eigenvalue weighted by Gasteiger charge is 2.14. The largest absolute Gasteiger partial charge is 0.392 e. The summed E-state index contributed by atoms with van der Waals surface area (Å²) in [4.78, 5) is 17.3. The molecule has 5 nitrogen and oxygen atoms in total. The van der Waals surface area contributed by atoms with Crippen molar-refractivity contribution < 1.29 is 5.11 Å². The second kappa shape index (κ2) is 6.61. The molecule has 4 rings (SSSR count). The van der Waals surface area contributed by atoms with E-state index >= 15 is 0 Å².